The van der Waals surface area contributed by atoms with E-state index < -0.39 is 5.97 Å². The number of carbonyl (C=O) groups excluding carboxylic acids is 1. The van der Waals surface area contributed by atoms with Gasteiger partial charge in [-0.3, -0.25) is 9.59 Å². The zero-order valence-electron chi connectivity index (χ0n) is 9.56. The van der Waals surface area contributed by atoms with Crippen molar-refractivity contribution in [3.8, 4) is 0 Å². The average molecular weight is 292 g/mol. The first-order chi connectivity index (χ1) is 8.41. The van der Waals surface area contributed by atoms with Crippen LogP contribution in [-0.4, -0.2) is 45.7 Å². The summed E-state index contributed by atoms with van der Waals surface area (Å²) in [5, 5.41) is 15.6. The van der Waals surface area contributed by atoms with Gasteiger partial charge in [0.15, 0.2) is 10.3 Å². The summed E-state index contributed by atoms with van der Waals surface area (Å²) in [4.78, 5) is 23.7. The van der Waals surface area contributed by atoms with Crippen LogP contribution in [0.25, 0.3) is 0 Å². The van der Waals surface area contributed by atoms with Crippen molar-refractivity contribution in [2.24, 2.45) is 0 Å². The van der Waals surface area contributed by atoms with Crippen LogP contribution in [0.4, 0.5) is 0 Å². The van der Waals surface area contributed by atoms with Crippen LogP contribution >= 0.6 is 23.2 Å². The van der Waals surface area contributed by atoms with Gasteiger partial charge >= 0.3 is 5.97 Å². The SMILES string of the molecule is CN(CCCC(=O)O)C(=O)c1cc(Cl)nnc1Cl. The fourth-order valence-corrected chi connectivity index (χ4v) is 1.60. The lowest BCUT2D eigenvalue weighted by Crippen LogP contribution is -2.28. The molecule has 1 N–H and O–H groups in total. The Morgan fingerprint density at radius 1 is 1.39 bits per heavy atom. The number of nitrogens with zero attached hydrogens (tertiary/aromatic N) is 3. The maximum Gasteiger partial charge on any atom is 0.303 e. The molecule has 0 fully saturated rings. The van der Waals surface area contributed by atoms with Crippen LogP contribution in [0.3, 0.4) is 0 Å². The van der Waals surface area contributed by atoms with Gasteiger partial charge < -0.3 is 10.0 Å². The molecule has 1 amide bonds. The molecule has 1 rings (SSSR count). The molecule has 0 radical (unpaired) electrons. The predicted molar refractivity (Wildman–Crippen MR) is 65.9 cm³/mol. The number of aliphatic carboxylic acids is 1. The number of hydrogen-bond acceptors (Lipinski definition) is 4. The number of halogens is 2. The standard InChI is InChI=1S/C10H11Cl2N3O3/c1-15(4-2-3-8(16)17)10(18)6-5-7(11)13-14-9(6)12/h5H,2-4H2,1H3,(H,16,17). The van der Waals surface area contributed by atoms with Crippen molar-refractivity contribution < 1.29 is 14.7 Å². The van der Waals surface area contributed by atoms with E-state index in [-0.39, 0.29) is 28.2 Å². The first kappa shape index (κ1) is 14.7. The number of hydrogen-bond donors (Lipinski definition) is 1. The fraction of sp³-hybridized carbons (Fsp3) is 0.400. The zero-order valence-corrected chi connectivity index (χ0v) is 11.1. The third-order valence-electron chi connectivity index (χ3n) is 2.18. The van der Waals surface area contributed by atoms with Gasteiger partial charge in [-0.25, -0.2) is 0 Å². The van der Waals surface area contributed by atoms with E-state index in [2.05, 4.69) is 10.2 Å². The van der Waals surface area contributed by atoms with Gasteiger partial charge in [-0.15, -0.1) is 10.2 Å². The third kappa shape index (κ3) is 4.12. The molecule has 1 aromatic rings. The lowest BCUT2D eigenvalue weighted by Gasteiger charge is -2.16. The minimum atomic E-state index is -0.900. The molecule has 6 nitrogen and oxygen atoms in total. The van der Waals surface area contributed by atoms with Crippen molar-refractivity contribution in [1.29, 1.82) is 0 Å². The summed E-state index contributed by atoms with van der Waals surface area (Å²) in [6, 6.07) is 1.33. The molecule has 0 aromatic carbocycles. The number of rotatable bonds is 5. The summed E-state index contributed by atoms with van der Waals surface area (Å²) >= 11 is 11.4. The van der Waals surface area contributed by atoms with Gasteiger partial charge in [0.1, 0.15) is 0 Å². The molecule has 98 valence electrons. The average Bonchev–Trinajstić information content (AvgIpc) is 2.30. The van der Waals surface area contributed by atoms with Gasteiger partial charge in [0.2, 0.25) is 0 Å². The Morgan fingerprint density at radius 2 is 2.06 bits per heavy atom. The minimum Gasteiger partial charge on any atom is -0.481 e. The molecule has 8 heteroatoms. The number of carbonyl (C=O) groups is 2. The number of amides is 1. The molecule has 0 aliphatic heterocycles. The Bertz CT molecular complexity index is 468. The predicted octanol–water partition coefficient (Wildman–Crippen LogP) is 1.72. The largest absolute Gasteiger partial charge is 0.481 e. The Labute approximate surface area is 114 Å². The second-order valence-corrected chi connectivity index (χ2v) is 4.34. The molecule has 0 bridgehead atoms. The normalized spacial score (nSPS) is 10.2. The van der Waals surface area contributed by atoms with Crippen molar-refractivity contribution in [2.45, 2.75) is 12.8 Å². The number of carboxylic acids is 1. The van der Waals surface area contributed by atoms with E-state index in [1.165, 1.54) is 11.0 Å². The Morgan fingerprint density at radius 3 is 2.67 bits per heavy atom. The van der Waals surface area contributed by atoms with E-state index in [0.717, 1.165) is 0 Å². The van der Waals surface area contributed by atoms with Crippen molar-refractivity contribution in [2.75, 3.05) is 13.6 Å². The second kappa shape index (κ2) is 6.51. The highest BCUT2D eigenvalue weighted by Gasteiger charge is 2.17. The van der Waals surface area contributed by atoms with Gasteiger partial charge in [0.05, 0.1) is 5.56 Å². The highest BCUT2D eigenvalue weighted by atomic mass is 35.5. The fourth-order valence-electron chi connectivity index (χ4n) is 1.28. The first-order valence-electron chi connectivity index (χ1n) is 5.07. The summed E-state index contributed by atoms with van der Waals surface area (Å²) < 4.78 is 0. The molecule has 0 atom stereocenters. The van der Waals surface area contributed by atoms with Crippen LogP contribution in [0, 0.1) is 0 Å². The molecule has 0 saturated heterocycles. The van der Waals surface area contributed by atoms with Crippen LogP contribution in [0.2, 0.25) is 10.3 Å². The molecule has 0 spiro atoms. The highest BCUT2D eigenvalue weighted by Crippen LogP contribution is 2.17. The molecule has 0 aliphatic rings. The third-order valence-corrected chi connectivity index (χ3v) is 2.64. The molecule has 0 unspecified atom stereocenters. The lowest BCUT2D eigenvalue weighted by molar-refractivity contribution is -0.137. The van der Waals surface area contributed by atoms with E-state index in [9.17, 15) is 9.59 Å². The van der Waals surface area contributed by atoms with Crippen molar-refractivity contribution in [3.63, 3.8) is 0 Å². The van der Waals surface area contributed by atoms with E-state index in [4.69, 9.17) is 28.3 Å². The maximum atomic E-state index is 12.0. The van der Waals surface area contributed by atoms with Crippen LogP contribution in [0.15, 0.2) is 6.07 Å². The Balaban J connectivity index is 2.68. The Kier molecular flexibility index (Phi) is 5.30. The number of aromatic nitrogens is 2. The molecule has 0 aliphatic carbocycles. The van der Waals surface area contributed by atoms with Gasteiger partial charge in [-0.2, -0.15) is 0 Å². The highest BCUT2D eigenvalue weighted by molar-refractivity contribution is 6.34. The topological polar surface area (TPSA) is 83.4 Å². The maximum absolute atomic E-state index is 12.0. The van der Waals surface area contributed by atoms with E-state index in [1.807, 2.05) is 0 Å². The monoisotopic (exact) mass is 291 g/mol. The summed E-state index contributed by atoms with van der Waals surface area (Å²) in [5.74, 6) is -1.27. The van der Waals surface area contributed by atoms with Crippen molar-refractivity contribution >= 4 is 35.1 Å². The minimum absolute atomic E-state index is 0.000698. The summed E-state index contributed by atoms with van der Waals surface area (Å²) in [6.45, 7) is 0.307. The summed E-state index contributed by atoms with van der Waals surface area (Å²) in [6.07, 6.45) is 0.363. The smallest absolute Gasteiger partial charge is 0.303 e. The van der Waals surface area contributed by atoms with Gasteiger partial charge in [-0.1, -0.05) is 23.2 Å². The molecule has 1 heterocycles. The molecular weight excluding hydrogens is 281 g/mol. The van der Waals surface area contributed by atoms with Crippen molar-refractivity contribution in [1.82, 2.24) is 15.1 Å². The first-order valence-corrected chi connectivity index (χ1v) is 5.83. The van der Waals surface area contributed by atoms with Gasteiger partial charge in [-0.05, 0) is 12.5 Å². The van der Waals surface area contributed by atoms with Crippen molar-refractivity contribution in [3.05, 3.63) is 21.9 Å². The Hall–Kier alpha value is -1.40. The van der Waals surface area contributed by atoms with E-state index >= 15 is 0 Å². The van der Waals surface area contributed by atoms with Gasteiger partial charge in [0.25, 0.3) is 5.91 Å². The van der Waals surface area contributed by atoms with Crippen LogP contribution < -0.4 is 0 Å². The second-order valence-electron chi connectivity index (χ2n) is 3.60. The molecule has 1 aromatic heterocycles. The van der Waals surface area contributed by atoms with Crippen LogP contribution in [0.5, 0.6) is 0 Å². The summed E-state index contributed by atoms with van der Waals surface area (Å²) in [5.41, 5.74) is 0.148. The van der Waals surface area contributed by atoms with E-state index in [1.54, 1.807) is 7.05 Å². The zero-order chi connectivity index (χ0) is 13.7. The van der Waals surface area contributed by atoms with Gasteiger partial charge in [0, 0.05) is 20.0 Å². The quantitative estimate of drug-likeness (QED) is 0.893. The molecule has 0 saturated carbocycles. The van der Waals surface area contributed by atoms with Crippen LogP contribution in [-0.2, 0) is 4.79 Å². The lowest BCUT2D eigenvalue weighted by atomic mass is 10.2. The number of carboxylic acid groups (broad SMARTS) is 1. The molecule has 18 heavy (non-hydrogen) atoms. The molecular formula is C10H11Cl2N3O3. The van der Waals surface area contributed by atoms with Crippen LogP contribution in [0.1, 0.15) is 23.2 Å². The van der Waals surface area contributed by atoms with E-state index in [0.29, 0.717) is 13.0 Å². The summed E-state index contributed by atoms with van der Waals surface area (Å²) in [7, 11) is 1.55.